The van der Waals surface area contributed by atoms with Gasteiger partial charge >= 0.3 is 0 Å². The van der Waals surface area contributed by atoms with Crippen LogP contribution >= 0.6 is 11.8 Å². The quantitative estimate of drug-likeness (QED) is 0.907. The van der Waals surface area contributed by atoms with Crippen LogP contribution in [-0.2, 0) is 9.59 Å². The molecule has 0 saturated carbocycles. The molecule has 1 saturated heterocycles. The van der Waals surface area contributed by atoms with Gasteiger partial charge in [-0.1, -0.05) is 37.3 Å². The lowest BCUT2D eigenvalue weighted by molar-refractivity contribution is -0.133. The SMILES string of the molecule is CSC(C)CCN1CCC(=O)NC(c2ccccc2)C1=O. The highest BCUT2D eigenvalue weighted by Crippen LogP contribution is 2.20. The zero-order valence-electron chi connectivity index (χ0n) is 12.5. The van der Waals surface area contributed by atoms with Gasteiger partial charge in [0, 0.05) is 24.8 Å². The average Bonchev–Trinajstić information content (AvgIpc) is 2.65. The molecule has 1 fully saturated rings. The van der Waals surface area contributed by atoms with E-state index in [1.54, 1.807) is 11.8 Å². The number of hydrogen-bond donors (Lipinski definition) is 1. The van der Waals surface area contributed by atoms with Crippen molar-refractivity contribution in [2.24, 2.45) is 0 Å². The van der Waals surface area contributed by atoms with E-state index in [4.69, 9.17) is 0 Å². The molecule has 2 amide bonds. The Morgan fingerprint density at radius 2 is 2.05 bits per heavy atom. The lowest BCUT2D eigenvalue weighted by Gasteiger charge is -2.25. The number of benzene rings is 1. The minimum absolute atomic E-state index is 0.000327. The van der Waals surface area contributed by atoms with E-state index in [2.05, 4.69) is 18.5 Å². The molecule has 1 aromatic carbocycles. The van der Waals surface area contributed by atoms with E-state index in [-0.39, 0.29) is 11.8 Å². The van der Waals surface area contributed by atoms with E-state index >= 15 is 0 Å². The summed E-state index contributed by atoms with van der Waals surface area (Å²) >= 11 is 1.80. The van der Waals surface area contributed by atoms with E-state index in [0.717, 1.165) is 12.0 Å². The van der Waals surface area contributed by atoms with E-state index in [1.165, 1.54) is 0 Å². The number of thioether (sulfide) groups is 1. The molecule has 2 atom stereocenters. The molecule has 0 aliphatic carbocycles. The largest absolute Gasteiger partial charge is 0.340 e. The Hall–Kier alpha value is -1.49. The van der Waals surface area contributed by atoms with Crippen LogP contribution in [0, 0.1) is 0 Å². The highest BCUT2D eigenvalue weighted by molar-refractivity contribution is 7.99. The third-order valence-electron chi connectivity index (χ3n) is 3.81. The minimum Gasteiger partial charge on any atom is -0.340 e. The first-order chi connectivity index (χ1) is 10.1. The molecule has 1 heterocycles. The van der Waals surface area contributed by atoms with Crippen molar-refractivity contribution in [3.05, 3.63) is 35.9 Å². The average molecular weight is 306 g/mol. The fourth-order valence-corrected chi connectivity index (χ4v) is 2.71. The fourth-order valence-electron chi connectivity index (χ4n) is 2.37. The number of carbonyl (C=O) groups is 2. The predicted molar refractivity (Wildman–Crippen MR) is 86.1 cm³/mol. The Labute approximate surface area is 130 Å². The predicted octanol–water partition coefficient (Wildman–Crippen LogP) is 2.22. The second-order valence-corrected chi connectivity index (χ2v) is 6.60. The summed E-state index contributed by atoms with van der Waals surface area (Å²) in [5.41, 5.74) is 0.848. The number of amides is 2. The summed E-state index contributed by atoms with van der Waals surface area (Å²) in [5.74, 6) is -0.0574. The number of nitrogens with one attached hydrogen (secondary N) is 1. The van der Waals surface area contributed by atoms with Crippen LogP contribution in [0.1, 0.15) is 31.4 Å². The molecule has 1 aliphatic heterocycles. The van der Waals surface area contributed by atoms with Gasteiger partial charge in [-0.2, -0.15) is 11.8 Å². The highest BCUT2D eigenvalue weighted by atomic mass is 32.2. The first kappa shape index (κ1) is 15.9. The molecule has 4 nitrogen and oxygen atoms in total. The van der Waals surface area contributed by atoms with Gasteiger partial charge < -0.3 is 10.2 Å². The smallest absolute Gasteiger partial charge is 0.249 e. The first-order valence-corrected chi connectivity index (χ1v) is 8.56. The van der Waals surface area contributed by atoms with Crippen molar-refractivity contribution in [1.82, 2.24) is 10.2 Å². The second-order valence-electron chi connectivity index (χ2n) is 5.32. The Morgan fingerprint density at radius 1 is 1.33 bits per heavy atom. The van der Waals surface area contributed by atoms with Crippen LogP contribution in [0.2, 0.25) is 0 Å². The molecule has 0 aromatic heterocycles. The van der Waals surface area contributed by atoms with Crippen molar-refractivity contribution in [3.63, 3.8) is 0 Å². The van der Waals surface area contributed by atoms with Crippen LogP contribution in [0.5, 0.6) is 0 Å². The molecule has 1 N–H and O–H groups in total. The third-order valence-corrected chi connectivity index (χ3v) is 4.85. The molecular formula is C16H22N2O2S. The normalized spacial score (nSPS) is 20.9. The lowest BCUT2D eigenvalue weighted by atomic mass is 10.1. The van der Waals surface area contributed by atoms with Gasteiger partial charge in [-0.3, -0.25) is 9.59 Å². The molecular weight excluding hydrogens is 284 g/mol. The van der Waals surface area contributed by atoms with Crippen molar-refractivity contribution < 1.29 is 9.59 Å². The van der Waals surface area contributed by atoms with Crippen molar-refractivity contribution >= 4 is 23.6 Å². The number of hydrogen-bond acceptors (Lipinski definition) is 3. The molecule has 2 unspecified atom stereocenters. The van der Waals surface area contributed by atoms with Gasteiger partial charge in [0.2, 0.25) is 11.8 Å². The topological polar surface area (TPSA) is 49.4 Å². The van der Waals surface area contributed by atoms with Crippen molar-refractivity contribution in [2.45, 2.75) is 31.1 Å². The van der Waals surface area contributed by atoms with Gasteiger partial charge in [-0.15, -0.1) is 0 Å². The maximum atomic E-state index is 12.7. The van der Waals surface area contributed by atoms with Crippen molar-refractivity contribution in [2.75, 3.05) is 19.3 Å². The minimum atomic E-state index is -0.550. The van der Waals surface area contributed by atoms with Crippen LogP contribution in [0.4, 0.5) is 0 Å². The lowest BCUT2D eigenvalue weighted by Crippen LogP contribution is -2.39. The summed E-state index contributed by atoms with van der Waals surface area (Å²) in [6, 6.07) is 8.91. The van der Waals surface area contributed by atoms with E-state index in [1.807, 2.05) is 35.2 Å². The number of rotatable bonds is 5. The summed E-state index contributed by atoms with van der Waals surface area (Å²) in [5, 5.41) is 3.35. The summed E-state index contributed by atoms with van der Waals surface area (Å²) < 4.78 is 0. The number of carbonyl (C=O) groups excluding carboxylic acids is 2. The molecule has 0 spiro atoms. The zero-order chi connectivity index (χ0) is 15.2. The number of nitrogens with zero attached hydrogens (tertiary/aromatic N) is 1. The van der Waals surface area contributed by atoms with Gasteiger partial charge in [0.25, 0.3) is 0 Å². The summed E-state index contributed by atoms with van der Waals surface area (Å²) in [4.78, 5) is 26.4. The molecule has 114 valence electrons. The summed E-state index contributed by atoms with van der Waals surface area (Å²) in [6.07, 6.45) is 3.40. The van der Waals surface area contributed by atoms with Crippen LogP contribution < -0.4 is 5.32 Å². The Kier molecular flexibility index (Phi) is 5.67. The fraction of sp³-hybridized carbons (Fsp3) is 0.500. The maximum Gasteiger partial charge on any atom is 0.249 e. The van der Waals surface area contributed by atoms with E-state index < -0.39 is 6.04 Å². The Morgan fingerprint density at radius 3 is 2.71 bits per heavy atom. The van der Waals surface area contributed by atoms with Crippen LogP contribution in [0.15, 0.2) is 30.3 Å². The molecule has 1 aromatic rings. The molecule has 5 heteroatoms. The monoisotopic (exact) mass is 306 g/mol. The molecule has 0 bridgehead atoms. The van der Waals surface area contributed by atoms with E-state index in [0.29, 0.717) is 24.8 Å². The van der Waals surface area contributed by atoms with Gasteiger partial charge in [0.1, 0.15) is 6.04 Å². The van der Waals surface area contributed by atoms with Gasteiger partial charge in [0.05, 0.1) is 0 Å². The summed E-state index contributed by atoms with van der Waals surface area (Å²) in [6.45, 7) is 3.37. The first-order valence-electron chi connectivity index (χ1n) is 7.27. The van der Waals surface area contributed by atoms with Crippen LogP contribution in [0.25, 0.3) is 0 Å². The van der Waals surface area contributed by atoms with Crippen molar-refractivity contribution in [3.8, 4) is 0 Å². The second kappa shape index (κ2) is 7.50. The van der Waals surface area contributed by atoms with E-state index in [9.17, 15) is 9.59 Å². The summed E-state index contributed by atoms with van der Waals surface area (Å²) in [7, 11) is 0. The third kappa shape index (κ3) is 4.24. The Bertz CT molecular complexity index is 492. The van der Waals surface area contributed by atoms with Gasteiger partial charge in [0.15, 0.2) is 0 Å². The van der Waals surface area contributed by atoms with Crippen LogP contribution in [-0.4, -0.2) is 41.3 Å². The van der Waals surface area contributed by atoms with Gasteiger partial charge in [-0.05, 0) is 18.2 Å². The van der Waals surface area contributed by atoms with Crippen LogP contribution in [0.3, 0.4) is 0 Å². The molecule has 2 rings (SSSR count). The van der Waals surface area contributed by atoms with Gasteiger partial charge in [-0.25, -0.2) is 0 Å². The molecule has 0 radical (unpaired) electrons. The zero-order valence-corrected chi connectivity index (χ0v) is 13.4. The maximum absolute atomic E-state index is 12.7. The van der Waals surface area contributed by atoms with Crippen molar-refractivity contribution in [1.29, 1.82) is 0 Å². The Balaban J connectivity index is 2.13. The highest BCUT2D eigenvalue weighted by Gasteiger charge is 2.30. The molecule has 1 aliphatic rings. The standard InChI is InChI=1S/C16H22N2O2S/c1-12(21-2)8-10-18-11-9-14(19)17-15(16(18)20)13-6-4-3-5-7-13/h3-7,12,15H,8-11H2,1-2H3,(H,17,19). The molecule has 21 heavy (non-hydrogen) atoms.